The monoisotopic (exact) mass is 878 g/mol. The van der Waals surface area contributed by atoms with E-state index in [1.165, 1.54) is 12.2 Å². The fraction of sp³-hybridized carbons (Fsp3) is 0.429. The molecule has 0 aromatic heterocycles. The Bertz CT molecular complexity index is 2320. The minimum atomic E-state index is -1.01. The van der Waals surface area contributed by atoms with E-state index in [1.54, 1.807) is 89.2 Å². The second-order valence-corrected chi connectivity index (χ2v) is 18.3. The summed E-state index contributed by atoms with van der Waals surface area (Å²) < 4.78 is 35.0. The van der Waals surface area contributed by atoms with E-state index in [2.05, 4.69) is 10.6 Å². The van der Waals surface area contributed by atoms with Gasteiger partial charge in [0.25, 0.3) is 5.91 Å². The predicted molar refractivity (Wildman–Crippen MR) is 230 cm³/mol. The quantitative estimate of drug-likeness (QED) is 0.113. The molecule has 2 aliphatic carbocycles. The van der Waals surface area contributed by atoms with Crippen LogP contribution in [0.3, 0.4) is 0 Å². The Hall–Kier alpha value is -6.16. The molecular weight excluding hydrogens is 825 g/mol. The molecular formula is C49H54N2O13. The molecule has 2 heterocycles. The number of aliphatic hydroxyl groups excluding tert-OH is 1. The van der Waals surface area contributed by atoms with Gasteiger partial charge in [-0.2, -0.15) is 0 Å². The molecule has 15 heteroatoms. The number of amides is 2. The summed E-state index contributed by atoms with van der Waals surface area (Å²) in [5, 5.41) is 15.6. The zero-order valence-electron chi connectivity index (χ0n) is 36.6. The van der Waals surface area contributed by atoms with E-state index in [0.717, 1.165) is 11.1 Å². The van der Waals surface area contributed by atoms with Crippen molar-refractivity contribution in [2.45, 2.75) is 115 Å². The summed E-state index contributed by atoms with van der Waals surface area (Å²) in [4.78, 5) is 77.4. The molecule has 3 N–H and O–H groups in total. The number of carbonyl (C=O) groups excluding carboxylic acids is 6. The maximum Gasteiger partial charge on any atom is 0.348 e. The van der Waals surface area contributed by atoms with E-state index in [4.69, 9.17) is 28.4 Å². The molecule has 338 valence electrons. The fourth-order valence-corrected chi connectivity index (χ4v) is 8.13. The van der Waals surface area contributed by atoms with Crippen molar-refractivity contribution in [1.29, 1.82) is 0 Å². The second kappa shape index (κ2) is 18.9. The molecule has 64 heavy (non-hydrogen) atoms. The van der Waals surface area contributed by atoms with E-state index in [9.17, 15) is 33.9 Å². The molecule has 2 amide bonds. The van der Waals surface area contributed by atoms with Crippen LogP contribution in [0.1, 0.15) is 96.9 Å². The standard InChI is InChI=1S/C49H54N2O13/c1-47(2,3)63-40(54)20-18-36(27-52)51-44(56)32-12-8-9-30(21-32)26-50-43(55)35-22-37(41-38(23-35)62-49(64-41)24-33-10-6-7-11-34(33)25-49)60-45(57)31-16-13-29(14-17-31)15-19-39(53)61-42-46(58)59-28-48(42,4)5/h6-17,19,21,23,36-38,41-42,52H,18,20,22,24-28H2,1-5H3,(H,50,55)(H,51,56)/t36-,37+,38+,41-,42-/m0/s1. The molecule has 3 aromatic carbocycles. The van der Waals surface area contributed by atoms with Crippen molar-refractivity contribution in [1.82, 2.24) is 10.6 Å². The highest BCUT2D eigenvalue weighted by Crippen LogP contribution is 2.45. The largest absolute Gasteiger partial charge is 0.462 e. The Labute approximate surface area is 371 Å². The van der Waals surface area contributed by atoms with Gasteiger partial charge in [-0.15, -0.1) is 0 Å². The molecule has 4 aliphatic rings. The summed E-state index contributed by atoms with van der Waals surface area (Å²) >= 11 is 0. The van der Waals surface area contributed by atoms with Gasteiger partial charge >= 0.3 is 23.9 Å². The van der Waals surface area contributed by atoms with Crippen molar-refractivity contribution >= 4 is 41.8 Å². The first-order valence-electron chi connectivity index (χ1n) is 21.4. The molecule has 0 bridgehead atoms. The lowest BCUT2D eigenvalue weighted by molar-refractivity contribution is -0.172. The average Bonchev–Trinajstić information content (AvgIpc) is 3.89. The molecule has 5 atom stereocenters. The zero-order chi connectivity index (χ0) is 45.8. The fourth-order valence-electron chi connectivity index (χ4n) is 8.13. The van der Waals surface area contributed by atoms with Crippen LogP contribution in [0.4, 0.5) is 0 Å². The van der Waals surface area contributed by atoms with Gasteiger partial charge in [0.1, 0.15) is 30.5 Å². The van der Waals surface area contributed by atoms with Gasteiger partial charge in [-0.25, -0.2) is 14.4 Å². The minimum absolute atomic E-state index is 0.0201. The SMILES string of the molecule is CC(C)(C)OC(=O)CC[C@@H](CO)NC(=O)c1cccc(CNC(=O)C2=C[C@H]3OC4(Cc5ccccc5C4)O[C@H]3[C@H](OC(=O)c3ccc(C=CC(=O)O[C@H]4C(=O)OCC4(C)C)cc3)C2)c1. The van der Waals surface area contributed by atoms with Gasteiger partial charge in [-0.1, -0.05) is 62.4 Å². The molecule has 3 aromatic rings. The molecule has 0 saturated carbocycles. The summed E-state index contributed by atoms with van der Waals surface area (Å²) in [5.41, 5.74) is 2.98. The number of fused-ring (bicyclic) bond motifs is 2. The smallest absolute Gasteiger partial charge is 0.348 e. The Morgan fingerprint density at radius 3 is 2.28 bits per heavy atom. The summed E-state index contributed by atoms with van der Waals surface area (Å²) in [6, 6.07) is 20.3. The van der Waals surface area contributed by atoms with Gasteiger partial charge in [0.15, 0.2) is 5.79 Å². The van der Waals surface area contributed by atoms with Crippen molar-refractivity contribution < 1.29 is 62.3 Å². The van der Waals surface area contributed by atoms with Crippen LogP contribution in [0.5, 0.6) is 0 Å². The summed E-state index contributed by atoms with van der Waals surface area (Å²) in [5.74, 6) is -4.24. The number of esters is 4. The van der Waals surface area contributed by atoms with Gasteiger partial charge in [0, 0.05) is 54.9 Å². The van der Waals surface area contributed by atoms with Crippen LogP contribution >= 0.6 is 0 Å². The Morgan fingerprint density at radius 1 is 0.906 bits per heavy atom. The van der Waals surface area contributed by atoms with Crippen LogP contribution in [-0.4, -0.2) is 95.9 Å². The number of cyclic esters (lactones) is 1. The Balaban J connectivity index is 0.993. The van der Waals surface area contributed by atoms with Crippen molar-refractivity contribution in [3.8, 4) is 0 Å². The number of carbonyl (C=O) groups is 6. The number of benzene rings is 3. The maximum absolute atomic E-state index is 13.8. The number of aliphatic hydroxyl groups is 1. The Morgan fingerprint density at radius 2 is 1.62 bits per heavy atom. The average molecular weight is 879 g/mol. The van der Waals surface area contributed by atoms with Crippen LogP contribution in [0.15, 0.2) is 90.5 Å². The Kier molecular flexibility index (Phi) is 13.5. The van der Waals surface area contributed by atoms with Gasteiger partial charge in [0.05, 0.1) is 18.2 Å². The molecule has 2 aliphatic heterocycles. The third kappa shape index (κ3) is 11.1. The lowest BCUT2D eigenvalue weighted by Gasteiger charge is -2.30. The van der Waals surface area contributed by atoms with Crippen molar-refractivity contribution in [3.05, 3.63) is 124 Å². The first-order chi connectivity index (χ1) is 30.4. The first-order valence-corrected chi connectivity index (χ1v) is 21.4. The molecule has 2 fully saturated rings. The third-order valence-electron chi connectivity index (χ3n) is 11.4. The normalized spacial score (nSPS) is 22.2. The van der Waals surface area contributed by atoms with Crippen molar-refractivity contribution in [2.75, 3.05) is 13.2 Å². The first kappa shape index (κ1) is 45.9. The van der Waals surface area contributed by atoms with Crippen LogP contribution in [0.2, 0.25) is 0 Å². The topological polar surface area (TPSA) is 202 Å². The maximum atomic E-state index is 13.8. The van der Waals surface area contributed by atoms with Gasteiger partial charge in [-0.05, 0) is 85.9 Å². The highest BCUT2D eigenvalue weighted by atomic mass is 16.8. The van der Waals surface area contributed by atoms with Gasteiger partial charge < -0.3 is 44.2 Å². The van der Waals surface area contributed by atoms with E-state index < -0.39 is 83.0 Å². The summed E-state index contributed by atoms with van der Waals surface area (Å²) in [7, 11) is 0. The van der Waals surface area contributed by atoms with E-state index in [-0.39, 0.29) is 44.6 Å². The predicted octanol–water partition coefficient (Wildman–Crippen LogP) is 4.86. The van der Waals surface area contributed by atoms with Crippen LogP contribution in [0.25, 0.3) is 6.08 Å². The van der Waals surface area contributed by atoms with Crippen molar-refractivity contribution in [3.63, 3.8) is 0 Å². The van der Waals surface area contributed by atoms with Crippen LogP contribution in [-0.2, 0) is 67.0 Å². The molecule has 7 rings (SSSR count). The molecule has 15 nitrogen and oxygen atoms in total. The zero-order valence-corrected chi connectivity index (χ0v) is 36.6. The minimum Gasteiger partial charge on any atom is -0.462 e. The molecule has 2 saturated heterocycles. The summed E-state index contributed by atoms with van der Waals surface area (Å²) in [6.07, 6.45) is 2.34. The van der Waals surface area contributed by atoms with Gasteiger partial charge in [0.2, 0.25) is 12.0 Å². The van der Waals surface area contributed by atoms with Crippen LogP contribution < -0.4 is 10.6 Å². The van der Waals surface area contributed by atoms with E-state index >= 15 is 0 Å². The summed E-state index contributed by atoms with van der Waals surface area (Å²) in [6.45, 7) is 8.69. The van der Waals surface area contributed by atoms with Crippen molar-refractivity contribution in [2.24, 2.45) is 5.41 Å². The van der Waals surface area contributed by atoms with E-state index in [0.29, 0.717) is 35.1 Å². The molecule has 1 spiro atoms. The lowest BCUT2D eigenvalue weighted by Crippen LogP contribution is -2.43. The number of hydrogen-bond acceptors (Lipinski definition) is 13. The second-order valence-electron chi connectivity index (χ2n) is 18.3. The highest BCUT2D eigenvalue weighted by Gasteiger charge is 2.55. The number of nitrogens with one attached hydrogen (secondary N) is 2. The number of ether oxygens (including phenoxy) is 6. The third-order valence-corrected chi connectivity index (χ3v) is 11.4. The molecule has 0 unspecified atom stereocenters. The molecule has 0 radical (unpaired) electrons. The lowest BCUT2D eigenvalue weighted by atomic mass is 9.90. The highest BCUT2D eigenvalue weighted by molar-refractivity contribution is 5.96. The number of hydrogen-bond donors (Lipinski definition) is 3. The van der Waals surface area contributed by atoms with E-state index in [1.807, 2.05) is 24.3 Å². The van der Waals surface area contributed by atoms with Crippen LogP contribution in [0, 0.1) is 5.41 Å². The van der Waals surface area contributed by atoms with Gasteiger partial charge in [-0.3, -0.25) is 14.4 Å². The number of rotatable bonds is 14.